The lowest BCUT2D eigenvalue weighted by molar-refractivity contribution is -0.118. The molecule has 2 aromatic rings. The number of anilines is 1. The van der Waals surface area contributed by atoms with Crippen LogP contribution in [0.25, 0.3) is 0 Å². The Bertz CT molecular complexity index is 725. The molecular formula is C18H23ClN2O3S. The summed E-state index contributed by atoms with van der Waals surface area (Å²) in [6.07, 6.45) is 0.298. The average molecular weight is 383 g/mol. The van der Waals surface area contributed by atoms with Crippen molar-refractivity contribution in [2.45, 2.75) is 49.2 Å². The standard InChI is InChI=1S/C18H23ClN2O3S/c1-17(2,3)14-11-15(24-21-14)20-16(23)18(4,9-10-22)25-13-7-5-12(19)6-8-13/h5-8,11,22H,9-10H2,1-4H3,(H,20,23). The molecule has 2 N–H and O–H groups in total. The van der Waals surface area contributed by atoms with Crippen LogP contribution >= 0.6 is 23.4 Å². The van der Waals surface area contributed by atoms with Crippen LogP contribution in [0.2, 0.25) is 5.02 Å². The number of rotatable bonds is 6. The lowest BCUT2D eigenvalue weighted by Crippen LogP contribution is -2.37. The molecule has 0 aliphatic rings. The highest BCUT2D eigenvalue weighted by molar-refractivity contribution is 8.01. The Morgan fingerprint density at radius 3 is 2.44 bits per heavy atom. The molecule has 7 heteroatoms. The fourth-order valence-corrected chi connectivity index (χ4v) is 3.37. The lowest BCUT2D eigenvalue weighted by atomic mass is 9.92. The molecule has 2 rings (SSSR count). The Hall–Kier alpha value is -1.50. The fourth-order valence-electron chi connectivity index (χ4n) is 2.12. The van der Waals surface area contributed by atoms with E-state index >= 15 is 0 Å². The van der Waals surface area contributed by atoms with Crippen molar-refractivity contribution in [1.82, 2.24) is 5.16 Å². The van der Waals surface area contributed by atoms with E-state index < -0.39 is 4.75 Å². The maximum atomic E-state index is 12.8. The minimum atomic E-state index is -0.864. The molecule has 0 fully saturated rings. The average Bonchev–Trinajstić information content (AvgIpc) is 2.98. The van der Waals surface area contributed by atoms with Crippen molar-refractivity contribution in [1.29, 1.82) is 0 Å². The van der Waals surface area contributed by atoms with Gasteiger partial charge in [0.1, 0.15) is 0 Å². The van der Waals surface area contributed by atoms with Gasteiger partial charge in [-0.15, -0.1) is 11.8 Å². The quantitative estimate of drug-likeness (QED) is 0.719. The SMILES string of the molecule is CC(CCO)(Sc1ccc(Cl)cc1)C(=O)Nc1cc(C(C)(C)C)no1. The second-order valence-electron chi connectivity index (χ2n) is 7.04. The monoisotopic (exact) mass is 382 g/mol. The van der Waals surface area contributed by atoms with E-state index in [0.29, 0.717) is 17.3 Å². The van der Waals surface area contributed by atoms with Crippen molar-refractivity contribution in [2.75, 3.05) is 11.9 Å². The van der Waals surface area contributed by atoms with E-state index in [1.807, 2.05) is 32.9 Å². The van der Waals surface area contributed by atoms with Crippen LogP contribution in [0.5, 0.6) is 0 Å². The molecule has 1 aromatic heterocycles. The van der Waals surface area contributed by atoms with Crippen molar-refractivity contribution in [3.63, 3.8) is 0 Å². The summed E-state index contributed by atoms with van der Waals surface area (Å²) in [7, 11) is 0. The molecule has 0 aliphatic carbocycles. The first-order chi connectivity index (χ1) is 11.6. The molecule has 0 radical (unpaired) electrons. The predicted octanol–water partition coefficient (Wildman–Crippen LogP) is 4.50. The van der Waals surface area contributed by atoms with E-state index in [2.05, 4.69) is 10.5 Å². The number of hydrogen-bond acceptors (Lipinski definition) is 5. The summed E-state index contributed by atoms with van der Waals surface area (Å²) >= 11 is 7.28. The number of halogens is 1. The first-order valence-corrected chi connectivity index (χ1v) is 9.17. The van der Waals surface area contributed by atoms with Gasteiger partial charge in [0.05, 0.1) is 10.4 Å². The van der Waals surface area contributed by atoms with Gasteiger partial charge in [-0.25, -0.2) is 0 Å². The molecule has 0 spiro atoms. The molecule has 1 aromatic carbocycles. The van der Waals surface area contributed by atoms with Gasteiger partial charge in [0.25, 0.3) is 0 Å². The van der Waals surface area contributed by atoms with Crippen LogP contribution in [0.1, 0.15) is 39.8 Å². The van der Waals surface area contributed by atoms with Crippen molar-refractivity contribution < 1.29 is 14.4 Å². The molecule has 136 valence electrons. The highest BCUT2D eigenvalue weighted by Crippen LogP contribution is 2.37. The topological polar surface area (TPSA) is 75.4 Å². The maximum Gasteiger partial charge on any atom is 0.243 e. The Labute approximate surface area is 157 Å². The van der Waals surface area contributed by atoms with Crippen molar-refractivity contribution in [3.05, 3.63) is 41.0 Å². The van der Waals surface area contributed by atoms with Gasteiger partial charge in [0.2, 0.25) is 11.8 Å². The number of benzene rings is 1. The summed E-state index contributed by atoms with van der Waals surface area (Å²) in [5.74, 6) is 0.0499. The van der Waals surface area contributed by atoms with Crippen LogP contribution in [0.3, 0.4) is 0 Å². The summed E-state index contributed by atoms with van der Waals surface area (Å²) in [6, 6.07) is 8.97. The van der Waals surface area contributed by atoms with Gasteiger partial charge >= 0.3 is 0 Å². The van der Waals surface area contributed by atoms with E-state index in [4.69, 9.17) is 16.1 Å². The molecule has 1 unspecified atom stereocenters. The normalized spacial score (nSPS) is 14.2. The first kappa shape index (κ1) is 19.8. The molecule has 1 amide bonds. The van der Waals surface area contributed by atoms with Crippen LogP contribution in [0.4, 0.5) is 5.88 Å². The maximum absolute atomic E-state index is 12.8. The zero-order valence-corrected chi connectivity index (χ0v) is 16.4. The number of thioether (sulfide) groups is 1. The molecule has 25 heavy (non-hydrogen) atoms. The summed E-state index contributed by atoms with van der Waals surface area (Å²) in [4.78, 5) is 13.7. The van der Waals surface area contributed by atoms with E-state index in [-0.39, 0.29) is 17.9 Å². The fraction of sp³-hybridized carbons (Fsp3) is 0.444. The van der Waals surface area contributed by atoms with Crippen molar-refractivity contribution in [3.8, 4) is 0 Å². The molecule has 1 atom stereocenters. The minimum Gasteiger partial charge on any atom is -0.396 e. The second kappa shape index (κ2) is 7.81. The van der Waals surface area contributed by atoms with E-state index in [9.17, 15) is 9.90 Å². The number of carbonyl (C=O) groups is 1. The molecule has 0 saturated heterocycles. The number of aliphatic hydroxyl groups excluding tert-OH is 1. The van der Waals surface area contributed by atoms with Gasteiger partial charge in [-0.1, -0.05) is 37.5 Å². The molecule has 0 aliphatic heterocycles. The van der Waals surface area contributed by atoms with Gasteiger partial charge in [-0.3, -0.25) is 10.1 Å². The van der Waals surface area contributed by atoms with Crippen LogP contribution in [0.15, 0.2) is 39.8 Å². The van der Waals surface area contributed by atoms with Gasteiger partial charge in [-0.2, -0.15) is 0 Å². The van der Waals surface area contributed by atoms with Crippen LogP contribution in [0, 0.1) is 0 Å². The van der Waals surface area contributed by atoms with E-state index in [1.54, 1.807) is 25.1 Å². The number of aliphatic hydroxyl groups is 1. The van der Waals surface area contributed by atoms with E-state index in [1.165, 1.54) is 11.8 Å². The van der Waals surface area contributed by atoms with Crippen molar-refractivity contribution in [2.24, 2.45) is 0 Å². The van der Waals surface area contributed by atoms with Gasteiger partial charge in [0.15, 0.2) is 0 Å². The number of nitrogens with one attached hydrogen (secondary N) is 1. The zero-order chi connectivity index (χ0) is 18.7. The van der Waals surface area contributed by atoms with E-state index in [0.717, 1.165) is 10.6 Å². The molecule has 0 bridgehead atoms. The number of hydrogen-bond donors (Lipinski definition) is 2. The Kier molecular flexibility index (Phi) is 6.19. The number of nitrogens with zero attached hydrogens (tertiary/aromatic N) is 1. The Morgan fingerprint density at radius 2 is 1.92 bits per heavy atom. The molecule has 1 heterocycles. The third-order valence-corrected chi connectivity index (χ3v) is 5.34. The van der Waals surface area contributed by atoms with Gasteiger partial charge < -0.3 is 9.63 Å². The summed E-state index contributed by atoms with van der Waals surface area (Å²) in [5.41, 5.74) is 0.593. The predicted molar refractivity (Wildman–Crippen MR) is 101 cm³/mol. The summed E-state index contributed by atoms with van der Waals surface area (Å²) < 4.78 is 4.37. The smallest absolute Gasteiger partial charge is 0.243 e. The zero-order valence-electron chi connectivity index (χ0n) is 14.8. The Morgan fingerprint density at radius 1 is 1.28 bits per heavy atom. The van der Waals surface area contributed by atoms with Crippen LogP contribution in [-0.2, 0) is 10.2 Å². The highest BCUT2D eigenvalue weighted by atomic mass is 35.5. The third-order valence-electron chi connectivity index (χ3n) is 3.74. The number of carbonyl (C=O) groups excluding carboxylic acids is 1. The third kappa shape index (κ3) is 5.23. The number of amides is 1. The minimum absolute atomic E-state index is 0.103. The van der Waals surface area contributed by atoms with Crippen molar-refractivity contribution >= 4 is 35.2 Å². The molecular weight excluding hydrogens is 360 g/mol. The summed E-state index contributed by atoms with van der Waals surface area (Å²) in [5, 5.41) is 16.8. The highest BCUT2D eigenvalue weighted by Gasteiger charge is 2.35. The Balaban J connectivity index is 2.16. The summed E-state index contributed by atoms with van der Waals surface area (Å²) in [6.45, 7) is 7.74. The van der Waals surface area contributed by atoms with Crippen LogP contribution in [-0.4, -0.2) is 27.5 Å². The van der Waals surface area contributed by atoms with Gasteiger partial charge in [0, 0.05) is 28.0 Å². The lowest BCUT2D eigenvalue weighted by Gasteiger charge is -2.26. The van der Waals surface area contributed by atoms with Gasteiger partial charge in [-0.05, 0) is 37.6 Å². The van der Waals surface area contributed by atoms with Crippen LogP contribution < -0.4 is 5.32 Å². The second-order valence-corrected chi connectivity index (χ2v) is 9.05. The molecule has 0 saturated carbocycles. The first-order valence-electron chi connectivity index (χ1n) is 7.98. The largest absolute Gasteiger partial charge is 0.396 e. The molecule has 5 nitrogen and oxygen atoms in total. The number of aromatic nitrogens is 1.